The van der Waals surface area contributed by atoms with Gasteiger partial charge < -0.3 is 4.74 Å². The predicted molar refractivity (Wildman–Crippen MR) is 78.1 cm³/mol. The highest BCUT2D eigenvalue weighted by molar-refractivity contribution is 5.77. The van der Waals surface area contributed by atoms with Gasteiger partial charge in [-0.05, 0) is 25.3 Å². The van der Waals surface area contributed by atoms with Gasteiger partial charge in [0.2, 0.25) is 0 Å². The van der Waals surface area contributed by atoms with Gasteiger partial charge in [-0.15, -0.1) is 0 Å². The number of piperidine rings is 1. The molecule has 4 rings (SSSR count). The Morgan fingerprint density at radius 3 is 2.70 bits per heavy atom. The molecule has 2 bridgehead atoms. The van der Waals surface area contributed by atoms with E-state index in [-0.39, 0.29) is 12.0 Å². The number of nitrogens with zero attached hydrogens (tertiary/aromatic N) is 1. The summed E-state index contributed by atoms with van der Waals surface area (Å²) in [5.41, 5.74) is 1.25. The number of fused-ring (bicyclic) bond motifs is 2. The zero-order valence-corrected chi connectivity index (χ0v) is 11.9. The second kappa shape index (κ2) is 5.80. The minimum Gasteiger partial charge on any atom is -0.465 e. The highest BCUT2D eigenvalue weighted by atomic mass is 16.5. The maximum absolute atomic E-state index is 12.3. The molecule has 106 valence electrons. The molecular weight excluding hydrogens is 250 g/mol. The molecule has 1 aromatic rings. The minimum atomic E-state index is -0.112. The predicted octanol–water partition coefficient (Wildman–Crippen LogP) is 2.77. The van der Waals surface area contributed by atoms with E-state index in [1.807, 2.05) is 25.1 Å². The van der Waals surface area contributed by atoms with Crippen LogP contribution in [0.1, 0.15) is 25.3 Å². The van der Waals surface area contributed by atoms with Crippen LogP contribution >= 0.6 is 0 Å². The van der Waals surface area contributed by atoms with Crippen molar-refractivity contribution >= 4 is 5.97 Å². The van der Waals surface area contributed by atoms with Gasteiger partial charge in [-0.1, -0.05) is 42.5 Å². The second-order valence-electron chi connectivity index (χ2n) is 5.55. The zero-order chi connectivity index (χ0) is 13.9. The maximum atomic E-state index is 12.3. The minimum absolute atomic E-state index is 0.0671. The molecule has 3 heteroatoms. The van der Waals surface area contributed by atoms with E-state index in [9.17, 15) is 4.79 Å². The van der Waals surface area contributed by atoms with Crippen LogP contribution in [-0.4, -0.2) is 29.6 Å². The lowest BCUT2D eigenvalue weighted by Gasteiger charge is -2.46. The average Bonchev–Trinajstić information content (AvgIpc) is 2.49. The molecule has 1 aromatic carbocycles. The van der Waals surface area contributed by atoms with E-state index in [1.54, 1.807) is 0 Å². The number of esters is 1. The summed E-state index contributed by atoms with van der Waals surface area (Å²) < 4.78 is 5.29. The van der Waals surface area contributed by atoms with Crippen LogP contribution in [0.15, 0.2) is 42.5 Å². The monoisotopic (exact) mass is 271 g/mol. The summed E-state index contributed by atoms with van der Waals surface area (Å²) in [6, 6.07) is 10.6. The first-order valence-corrected chi connectivity index (χ1v) is 7.44. The third kappa shape index (κ3) is 2.50. The molecule has 2 heterocycles. The fourth-order valence-corrected chi connectivity index (χ4v) is 3.37. The highest BCUT2D eigenvalue weighted by Crippen LogP contribution is 2.36. The Bertz CT molecular complexity index is 497. The van der Waals surface area contributed by atoms with Crippen LogP contribution in [0.5, 0.6) is 0 Å². The molecule has 20 heavy (non-hydrogen) atoms. The fraction of sp³-hybridized carbons (Fsp3) is 0.471. The van der Waals surface area contributed by atoms with Crippen LogP contribution in [-0.2, 0) is 16.1 Å². The normalized spacial score (nSPS) is 28.6. The van der Waals surface area contributed by atoms with Crippen molar-refractivity contribution in [3.05, 3.63) is 48.0 Å². The molecule has 1 aliphatic carbocycles. The van der Waals surface area contributed by atoms with Crippen LogP contribution in [0.3, 0.4) is 0 Å². The second-order valence-corrected chi connectivity index (χ2v) is 5.55. The van der Waals surface area contributed by atoms with Crippen molar-refractivity contribution in [1.82, 2.24) is 4.90 Å². The van der Waals surface area contributed by atoms with E-state index < -0.39 is 0 Å². The third-order valence-corrected chi connectivity index (χ3v) is 4.30. The van der Waals surface area contributed by atoms with Crippen molar-refractivity contribution in [1.29, 1.82) is 0 Å². The number of ether oxygens (including phenoxy) is 1. The third-order valence-electron chi connectivity index (χ3n) is 4.30. The molecule has 1 fully saturated rings. The summed E-state index contributed by atoms with van der Waals surface area (Å²) in [7, 11) is 0. The van der Waals surface area contributed by atoms with Gasteiger partial charge in [-0.25, -0.2) is 0 Å². The Kier molecular flexibility index (Phi) is 3.88. The largest absolute Gasteiger partial charge is 0.465 e. The van der Waals surface area contributed by atoms with Crippen molar-refractivity contribution in [2.45, 2.75) is 38.4 Å². The van der Waals surface area contributed by atoms with Crippen molar-refractivity contribution in [2.24, 2.45) is 5.92 Å². The molecule has 0 radical (unpaired) electrons. The van der Waals surface area contributed by atoms with E-state index >= 15 is 0 Å². The highest BCUT2D eigenvalue weighted by Gasteiger charge is 2.43. The van der Waals surface area contributed by atoms with E-state index in [0.29, 0.717) is 18.6 Å². The molecule has 0 unspecified atom stereocenters. The van der Waals surface area contributed by atoms with Crippen LogP contribution in [0.4, 0.5) is 0 Å². The summed E-state index contributed by atoms with van der Waals surface area (Å²) in [6.45, 7) is 3.14. The van der Waals surface area contributed by atoms with E-state index in [2.05, 4.69) is 29.2 Å². The smallest absolute Gasteiger partial charge is 0.323 e. The summed E-state index contributed by atoms with van der Waals surface area (Å²) in [4.78, 5) is 14.6. The average molecular weight is 271 g/mol. The summed E-state index contributed by atoms with van der Waals surface area (Å²) in [5, 5.41) is 0. The summed E-state index contributed by atoms with van der Waals surface area (Å²) in [6.07, 6.45) is 6.70. The van der Waals surface area contributed by atoms with Crippen molar-refractivity contribution in [3.63, 3.8) is 0 Å². The Hall–Kier alpha value is -1.61. The van der Waals surface area contributed by atoms with E-state index in [0.717, 1.165) is 19.4 Å². The Labute approximate surface area is 120 Å². The molecule has 3 nitrogen and oxygen atoms in total. The Morgan fingerprint density at radius 2 is 2.05 bits per heavy atom. The number of benzene rings is 1. The quantitative estimate of drug-likeness (QED) is 0.623. The van der Waals surface area contributed by atoms with E-state index in [1.165, 1.54) is 5.56 Å². The molecular formula is C17H21NO2. The Morgan fingerprint density at radius 1 is 1.25 bits per heavy atom. The zero-order valence-electron chi connectivity index (χ0n) is 11.9. The van der Waals surface area contributed by atoms with Gasteiger partial charge in [-0.2, -0.15) is 0 Å². The number of hydrogen-bond donors (Lipinski definition) is 0. The fourth-order valence-electron chi connectivity index (χ4n) is 3.37. The van der Waals surface area contributed by atoms with Gasteiger partial charge in [0.15, 0.2) is 0 Å². The van der Waals surface area contributed by atoms with E-state index in [4.69, 9.17) is 4.74 Å². The Balaban J connectivity index is 1.82. The standard InChI is InChI=1S/C17H21NO2/c1-2-20-17(19)16-14-8-10-15(11-9-14)18(16)12-13-6-4-3-5-7-13/h3-8,10,14-16H,2,9,11-12H2,1H3/t14-,15-,16-/m0/s1. The van der Waals surface area contributed by atoms with Gasteiger partial charge >= 0.3 is 5.97 Å². The van der Waals surface area contributed by atoms with Crippen molar-refractivity contribution in [3.8, 4) is 0 Å². The van der Waals surface area contributed by atoms with Crippen LogP contribution in [0.25, 0.3) is 0 Å². The van der Waals surface area contributed by atoms with Crippen LogP contribution in [0.2, 0.25) is 0 Å². The molecule has 3 atom stereocenters. The molecule has 0 spiro atoms. The summed E-state index contributed by atoms with van der Waals surface area (Å²) >= 11 is 0. The maximum Gasteiger partial charge on any atom is 0.323 e. The van der Waals surface area contributed by atoms with Gasteiger partial charge in [0.25, 0.3) is 0 Å². The first-order valence-electron chi connectivity index (χ1n) is 7.44. The molecule has 0 amide bonds. The molecule has 0 saturated carbocycles. The number of carbonyl (C=O) groups is 1. The molecule has 0 N–H and O–H groups in total. The van der Waals surface area contributed by atoms with Gasteiger partial charge in [0.05, 0.1) is 6.61 Å². The van der Waals surface area contributed by atoms with Crippen molar-refractivity contribution < 1.29 is 9.53 Å². The van der Waals surface area contributed by atoms with Crippen LogP contribution < -0.4 is 0 Å². The molecule has 2 aliphatic heterocycles. The van der Waals surface area contributed by atoms with Gasteiger partial charge in [0.1, 0.15) is 6.04 Å². The first-order chi connectivity index (χ1) is 9.79. The number of carbonyl (C=O) groups excluding carboxylic acids is 1. The topological polar surface area (TPSA) is 29.5 Å². The van der Waals surface area contributed by atoms with Gasteiger partial charge in [0, 0.05) is 18.5 Å². The van der Waals surface area contributed by atoms with Crippen LogP contribution in [0, 0.1) is 5.92 Å². The lowest BCUT2D eigenvalue weighted by molar-refractivity contribution is -0.154. The number of rotatable bonds is 4. The molecule has 3 aliphatic rings. The lowest BCUT2D eigenvalue weighted by atomic mass is 9.79. The summed E-state index contributed by atoms with van der Waals surface area (Å²) in [5.74, 6) is 0.241. The molecule has 0 aromatic heterocycles. The lowest BCUT2D eigenvalue weighted by Crippen LogP contribution is -2.56. The first kappa shape index (κ1) is 13.4. The van der Waals surface area contributed by atoms with Gasteiger partial charge in [-0.3, -0.25) is 9.69 Å². The molecule has 1 saturated heterocycles. The van der Waals surface area contributed by atoms with Crippen molar-refractivity contribution in [2.75, 3.05) is 6.61 Å². The SMILES string of the molecule is CCOC(=O)[C@@H]1[C@H]2C=C[C@@H](CC2)N1Cc1ccccc1. The number of hydrogen-bond acceptors (Lipinski definition) is 3.